The summed E-state index contributed by atoms with van der Waals surface area (Å²) in [4.78, 5) is 20.2. The third-order valence-corrected chi connectivity index (χ3v) is 5.53. The summed E-state index contributed by atoms with van der Waals surface area (Å²) in [6.45, 7) is 0.197. The first-order valence-electron chi connectivity index (χ1n) is 7.43. The highest BCUT2D eigenvalue weighted by Crippen LogP contribution is 2.57. The van der Waals surface area contributed by atoms with Crippen molar-refractivity contribution in [2.45, 2.75) is 31.8 Å². The minimum absolute atomic E-state index is 0.135. The van der Waals surface area contributed by atoms with E-state index in [4.69, 9.17) is 13.6 Å². The van der Waals surface area contributed by atoms with E-state index in [1.807, 2.05) is 0 Å². The van der Waals surface area contributed by atoms with Crippen molar-refractivity contribution in [1.29, 1.82) is 0 Å². The van der Waals surface area contributed by atoms with Crippen LogP contribution in [-0.4, -0.2) is 22.6 Å². The summed E-state index contributed by atoms with van der Waals surface area (Å²) >= 11 is 0. The van der Waals surface area contributed by atoms with Crippen LogP contribution in [0.2, 0.25) is 0 Å². The molecule has 3 rings (SSSR count). The average Bonchev–Trinajstić information content (AvgIpc) is 2.54. The average molecular weight is 358 g/mol. The van der Waals surface area contributed by atoms with Crippen molar-refractivity contribution in [3.63, 3.8) is 0 Å². The molecule has 0 N–H and O–H groups in total. The van der Waals surface area contributed by atoms with E-state index in [0.29, 0.717) is 0 Å². The van der Waals surface area contributed by atoms with E-state index < -0.39 is 29.0 Å². The Kier molecular flexibility index (Phi) is 4.53. The summed E-state index contributed by atoms with van der Waals surface area (Å²) in [7, 11) is -4.00. The molecule has 24 heavy (non-hydrogen) atoms. The van der Waals surface area contributed by atoms with Gasteiger partial charge in [0.1, 0.15) is 0 Å². The standard InChI is InChI=1S/C13H15N2O8P/c16-14(17)10-5-6-13(11(7-10)15(18)19)23-24(20)21-8-9-3-1-2-4-12(9)22-24/h5-7,9,12H,1-4,8H2/t9-,12-,24+/m1/s1. The van der Waals surface area contributed by atoms with Crippen LogP contribution in [-0.2, 0) is 13.6 Å². The van der Waals surface area contributed by atoms with Crippen molar-refractivity contribution < 1.29 is 28.0 Å². The molecule has 0 aromatic heterocycles. The van der Waals surface area contributed by atoms with Crippen LogP contribution in [0.15, 0.2) is 18.2 Å². The molecule has 1 saturated heterocycles. The Morgan fingerprint density at radius 2 is 1.92 bits per heavy atom. The van der Waals surface area contributed by atoms with Crippen LogP contribution in [0.4, 0.5) is 11.4 Å². The maximum Gasteiger partial charge on any atom is 0.530 e. The number of rotatable bonds is 4. The van der Waals surface area contributed by atoms with Crippen molar-refractivity contribution in [1.82, 2.24) is 0 Å². The molecule has 1 aromatic carbocycles. The number of nitrogens with zero attached hydrogens (tertiary/aromatic N) is 2. The quantitative estimate of drug-likeness (QED) is 0.453. The van der Waals surface area contributed by atoms with Crippen LogP contribution < -0.4 is 4.52 Å². The second-order valence-corrected chi connectivity index (χ2v) is 7.23. The third-order valence-electron chi connectivity index (χ3n) is 4.11. The first kappa shape index (κ1) is 16.8. The lowest BCUT2D eigenvalue weighted by molar-refractivity contribution is -0.394. The summed E-state index contributed by atoms with van der Waals surface area (Å²) < 4.78 is 28.4. The molecule has 130 valence electrons. The molecule has 0 bridgehead atoms. The number of fused-ring (bicyclic) bond motifs is 1. The van der Waals surface area contributed by atoms with Gasteiger partial charge in [-0.15, -0.1) is 0 Å². The van der Waals surface area contributed by atoms with E-state index in [-0.39, 0.29) is 24.4 Å². The Hall–Kier alpha value is -2.03. The number of hydrogen-bond acceptors (Lipinski definition) is 8. The Balaban J connectivity index is 1.83. The molecule has 11 heteroatoms. The molecule has 0 amide bonds. The number of non-ortho nitro benzene ring substituents is 1. The predicted molar refractivity (Wildman–Crippen MR) is 80.8 cm³/mol. The summed E-state index contributed by atoms with van der Waals surface area (Å²) in [6, 6.07) is 2.80. The SMILES string of the molecule is O=[N+]([O-])c1ccc(O[P@@]2(=O)OC[C@H]3CCCC[C@H]3O2)c([N+](=O)[O-])c1. The largest absolute Gasteiger partial charge is 0.530 e. The van der Waals surface area contributed by atoms with Crippen LogP contribution >= 0.6 is 7.82 Å². The molecule has 0 radical (unpaired) electrons. The predicted octanol–water partition coefficient (Wildman–Crippen LogP) is 3.60. The van der Waals surface area contributed by atoms with Gasteiger partial charge in [-0.1, -0.05) is 12.8 Å². The van der Waals surface area contributed by atoms with Crippen molar-refractivity contribution >= 4 is 19.2 Å². The van der Waals surface area contributed by atoms with Gasteiger partial charge in [-0.2, -0.15) is 0 Å². The maximum atomic E-state index is 12.6. The number of phosphoric ester groups is 1. The van der Waals surface area contributed by atoms with Crippen LogP contribution in [0.25, 0.3) is 0 Å². The monoisotopic (exact) mass is 358 g/mol. The molecule has 1 aromatic rings. The number of benzene rings is 1. The Labute approximate surface area is 136 Å². The first-order chi connectivity index (χ1) is 11.4. The van der Waals surface area contributed by atoms with Gasteiger partial charge in [0.05, 0.1) is 28.6 Å². The molecule has 2 fully saturated rings. The summed E-state index contributed by atoms with van der Waals surface area (Å²) in [6.07, 6.45) is 3.35. The van der Waals surface area contributed by atoms with E-state index in [0.717, 1.165) is 43.9 Å². The smallest absolute Gasteiger partial charge is 0.397 e. The molecule has 3 atom stereocenters. The lowest BCUT2D eigenvalue weighted by atomic mass is 9.87. The Bertz CT molecular complexity index is 724. The molecular formula is C13H15N2O8P. The van der Waals surface area contributed by atoms with E-state index in [1.165, 1.54) is 0 Å². The van der Waals surface area contributed by atoms with Gasteiger partial charge in [-0.3, -0.25) is 29.3 Å². The Morgan fingerprint density at radius 1 is 1.17 bits per heavy atom. The third kappa shape index (κ3) is 3.40. The Morgan fingerprint density at radius 3 is 2.62 bits per heavy atom. The highest BCUT2D eigenvalue weighted by molar-refractivity contribution is 7.49. The van der Waals surface area contributed by atoms with E-state index in [1.54, 1.807) is 0 Å². The minimum Gasteiger partial charge on any atom is -0.397 e. The molecule has 0 unspecified atom stereocenters. The fourth-order valence-corrected chi connectivity index (χ4v) is 4.43. The lowest BCUT2D eigenvalue weighted by Gasteiger charge is -2.37. The highest BCUT2D eigenvalue weighted by Gasteiger charge is 2.44. The normalized spacial score (nSPS) is 29.5. The number of phosphoric acid groups is 1. The lowest BCUT2D eigenvalue weighted by Crippen LogP contribution is -2.35. The van der Waals surface area contributed by atoms with Crippen molar-refractivity contribution in [2.75, 3.05) is 6.61 Å². The van der Waals surface area contributed by atoms with E-state index in [2.05, 4.69) is 0 Å². The van der Waals surface area contributed by atoms with Crippen molar-refractivity contribution in [3.05, 3.63) is 38.4 Å². The molecule has 0 spiro atoms. The van der Waals surface area contributed by atoms with Gasteiger partial charge < -0.3 is 4.52 Å². The molecule has 10 nitrogen and oxygen atoms in total. The molecule has 1 saturated carbocycles. The van der Waals surface area contributed by atoms with Crippen LogP contribution in [0.3, 0.4) is 0 Å². The minimum atomic E-state index is -4.00. The molecule has 1 aliphatic heterocycles. The highest BCUT2D eigenvalue weighted by atomic mass is 31.2. The van der Waals surface area contributed by atoms with Crippen LogP contribution in [0.1, 0.15) is 25.7 Å². The fraction of sp³-hybridized carbons (Fsp3) is 0.538. The maximum absolute atomic E-state index is 12.6. The molecular weight excluding hydrogens is 343 g/mol. The molecule has 2 aliphatic rings. The van der Waals surface area contributed by atoms with Crippen molar-refractivity contribution in [3.8, 4) is 5.75 Å². The van der Waals surface area contributed by atoms with Gasteiger partial charge >= 0.3 is 13.5 Å². The zero-order valence-corrected chi connectivity index (χ0v) is 13.4. The second-order valence-electron chi connectivity index (χ2n) is 5.69. The number of hydrogen-bond donors (Lipinski definition) is 0. The van der Waals surface area contributed by atoms with E-state index in [9.17, 15) is 24.8 Å². The zero-order chi connectivity index (χ0) is 17.3. The topological polar surface area (TPSA) is 131 Å². The van der Waals surface area contributed by atoms with E-state index >= 15 is 0 Å². The van der Waals surface area contributed by atoms with Gasteiger partial charge in [-0.05, 0) is 18.9 Å². The zero-order valence-electron chi connectivity index (χ0n) is 12.5. The van der Waals surface area contributed by atoms with Gasteiger partial charge in [0.2, 0.25) is 5.75 Å². The fourth-order valence-electron chi connectivity index (χ4n) is 2.89. The number of nitro benzene ring substituents is 2. The number of nitro groups is 2. The summed E-state index contributed by atoms with van der Waals surface area (Å²) in [5, 5.41) is 21.8. The van der Waals surface area contributed by atoms with Crippen LogP contribution in [0.5, 0.6) is 5.75 Å². The van der Waals surface area contributed by atoms with Crippen LogP contribution in [0, 0.1) is 26.1 Å². The molecule has 1 aliphatic carbocycles. The van der Waals surface area contributed by atoms with Gasteiger partial charge in [-0.25, -0.2) is 4.57 Å². The van der Waals surface area contributed by atoms with Gasteiger partial charge in [0.15, 0.2) is 0 Å². The first-order valence-corrected chi connectivity index (χ1v) is 8.89. The van der Waals surface area contributed by atoms with Gasteiger partial charge in [0, 0.05) is 12.0 Å². The van der Waals surface area contributed by atoms with Gasteiger partial charge in [0.25, 0.3) is 5.69 Å². The molecule has 1 heterocycles. The van der Waals surface area contributed by atoms with Crippen molar-refractivity contribution in [2.24, 2.45) is 5.92 Å². The second kappa shape index (κ2) is 6.46. The summed E-state index contributed by atoms with van der Waals surface area (Å²) in [5.74, 6) is -0.250. The summed E-state index contributed by atoms with van der Waals surface area (Å²) in [5.41, 5.74) is -1.14.